The minimum absolute atomic E-state index is 0.0325. The van der Waals surface area contributed by atoms with Crippen LogP contribution in [0.2, 0.25) is 0 Å². The Bertz CT molecular complexity index is 1220. The third kappa shape index (κ3) is 10.6. The number of alkyl carbamates (subject to hydrolysis) is 1. The van der Waals surface area contributed by atoms with Crippen molar-refractivity contribution in [3.05, 3.63) is 12.7 Å². The zero-order chi connectivity index (χ0) is 35.3. The van der Waals surface area contributed by atoms with Gasteiger partial charge in [-0.1, -0.05) is 25.3 Å². The normalized spacial score (nSPS) is 23.4. The number of carbonyl (C=O) groups excluding carboxylic acids is 6. The summed E-state index contributed by atoms with van der Waals surface area (Å²) in [4.78, 5) is 80.5. The topological polar surface area (TPSA) is 163 Å². The maximum absolute atomic E-state index is 14.2. The first-order valence-corrected chi connectivity index (χ1v) is 17.2. The lowest BCUT2D eigenvalue weighted by Gasteiger charge is -2.36. The number of fused-ring (bicyclic) bond motifs is 1. The zero-order valence-electron chi connectivity index (χ0n) is 28.4. The van der Waals surface area contributed by atoms with E-state index in [0.29, 0.717) is 6.42 Å². The molecule has 5 amide bonds. The first-order valence-electron chi connectivity index (χ1n) is 16.5. The zero-order valence-corrected chi connectivity index (χ0v) is 29.9. The number of allylic oxidation sites excluding steroid dienone is 1. The predicted molar refractivity (Wildman–Crippen MR) is 179 cm³/mol. The quantitative estimate of drug-likeness (QED) is 0.130. The largest absolute Gasteiger partial charge is 0.444 e. The minimum atomic E-state index is -1.25. The average Bonchev–Trinajstić information content (AvgIpc) is 3.26. The van der Waals surface area contributed by atoms with Gasteiger partial charge < -0.3 is 30.9 Å². The molecule has 47 heavy (non-hydrogen) atoms. The van der Waals surface area contributed by atoms with Crippen molar-refractivity contribution in [3.63, 3.8) is 0 Å². The van der Waals surface area contributed by atoms with Gasteiger partial charge in [0.2, 0.25) is 23.5 Å². The van der Waals surface area contributed by atoms with Crippen molar-refractivity contribution in [1.29, 1.82) is 0 Å². The molecule has 1 saturated heterocycles. The second-order valence-corrected chi connectivity index (χ2v) is 16.3. The van der Waals surface area contributed by atoms with Crippen LogP contribution in [0.1, 0.15) is 92.9 Å². The summed E-state index contributed by atoms with van der Waals surface area (Å²) in [7, 11) is 0. The maximum atomic E-state index is 14.2. The molecule has 0 radical (unpaired) electrons. The summed E-state index contributed by atoms with van der Waals surface area (Å²) in [6, 6.07) is -3.29. The summed E-state index contributed by atoms with van der Waals surface area (Å²) in [6.45, 7) is 14.4. The molecule has 3 aliphatic rings. The molecule has 3 fully saturated rings. The number of hydrogen-bond donors (Lipinski definition) is 4. The number of rotatable bonds is 13. The van der Waals surface area contributed by atoms with Crippen molar-refractivity contribution in [3.8, 4) is 0 Å². The van der Waals surface area contributed by atoms with E-state index in [1.807, 2.05) is 20.8 Å². The molecule has 0 aromatic heterocycles. The van der Waals surface area contributed by atoms with E-state index in [9.17, 15) is 28.8 Å². The molecule has 14 heteroatoms. The van der Waals surface area contributed by atoms with E-state index in [1.165, 1.54) is 4.90 Å². The smallest absolute Gasteiger partial charge is 0.408 e. The van der Waals surface area contributed by atoms with Gasteiger partial charge in [0.15, 0.2) is 0 Å². The Morgan fingerprint density at radius 1 is 1.00 bits per heavy atom. The molecule has 264 valence electrons. The van der Waals surface area contributed by atoms with Crippen LogP contribution in [0.4, 0.5) is 4.79 Å². The molecule has 4 N–H and O–H groups in total. The van der Waals surface area contributed by atoms with Crippen LogP contribution in [0.25, 0.3) is 0 Å². The third-order valence-electron chi connectivity index (χ3n) is 8.61. The number of ketones is 1. The number of amides is 5. The number of Topliss-reactive ketones (excluding diaryl/α,β-unsaturated/α-hetero) is 1. The van der Waals surface area contributed by atoms with Gasteiger partial charge in [-0.3, -0.25) is 24.0 Å². The number of piperidine rings is 1. The van der Waals surface area contributed by atoms with Crippen LogP contribution in [0.15, 0.2) is 12.7 Å². The Kier molecular flexibility index (Phi) is 12.8. The summed E-state index contributed by atoms with van der Waals surface area (Å²) in [5.74, 6) is -4.39. The fraction of sp³-hybridized carbons (Fsp3) is 0.758. The molecule has 2 aliphatic carbocycles. The molecule has 5 atom stereocenters. The van der Waals surface area contributed by atoms with E-state index >= 15 is 0 Å². The van der Waals surface area contributed by atoms with E-state index in [2.05, 4.69) is 27.8 Å². The van der Waals surface area contributed by atoms with Gasteiger partial charge in [-0.15, -0.1) is 29.8 Å². The van der Waals surface area contributed by atoms with Gasteiger partial charge in [0.25, 0.3) is 5.91 Å². The summed E-state index contributed by atoms with van der Waals surface area (Å²) in [5.41, 5.74) is -1.23. The summed E-state index contributed by atoms with van der Waals surface area (Å²) < 4.78 is 4.22. The van der Waals surface area contributed by atoms with E-state index in [4.69, 9.17) is 27.9 Å². The van der Waals surface area contributed by atoms with E-state index in [-0.39, 0.29) is 43.7 Å². The standard InChI is InChI=1S/C33H51Cl2N5O7/c1-8-9-15-21(26(42)28(44)36-17-16-22(41)39-31(2,3)4)37-27(43)25-23-20(33(23,34)35)18-40(25)29(45)24(19-13-11-10-12-14-19)38-30(46)47-32(5,6)7/h8,19-21,23-25H,1,9-18H2,2-7H3,(H,36,44)(H,37,43)(H,38,46)(H,39,41). The van der Waals surface area contributed by atoms with Crippen molar-refractivity contribution >= 4 is 58.7 Å². The first-order chi connectivity index (χ1) is 21.8. The van der Waals surface area contributed by atoms with Crippen LogP contribution in [0.3, 0.4) is 0 Å². The van der Waals surface area contributed by atoms with Gasteiger partial charge in [-0.2, -0.15) is 0 Å². The lowest BCUT2D eigenvalue weighted by molar-refractivity contribution is -0.144. The van der Waals surface area contributed by atoms with Gasteiger partial charge in [-0.25, -0.2) is 4.79 Å². The highest BCUT2D eigenvalue weighted by Gasteiger charge is 2.74. The second-order valence-electron chi connectivity index (χ2n) is 14.9. The van der Waals surface area contributed by atoms with Crippen LogP contribution in [0, 0.1) is 17.8 Å². The van der Waals surface area contributed by atoms with Gasteiger partial charge in [-0.05, 0) is 73.1 Å². The molecule has 0 bridgehead atoms. The van der Waals surface area contributed by atoms with Crippen LogP contribution in [-0.2, 0) is 28.7 Å². The number of nitrogens with zero attached hydrogens (tertiary/aromatic N) is 1. The summed E-state index contributed by atoms with van der Waals surface area (Å²) in [5, 5.41) is 10.7. The highest BCUT2D eigenvalue weighted by Crippen LogP contribution is 2.65. The van der Waals surface area contributed by atoms with Gasteiger partial charge in [0, 0.05) is 36.9 Å². The Hall–Kier alpha value is -2.86. The second kappa shape index (κ2) is 15.6. The molecule has 3 rings (SSSR count). The summed E-state index contributed by atoms with van der Waals surface area (Å²) in [6.07, 6.45) is 5.49. The Morgan fingerprint density at radius 2 is 1.64 bits per heavy atom. The number of ether oxygens (including phenoxy) is 1. The molecule has 12 nitrogen and oxygen atoms in total. The van der Waals surface area contributed by atoms with E-state index in [1.54, 1.807) is 26.8 Å². The van der Waals surface area contributed by atoms with Crippen LogP contribution in [0.5, 0.6) is 0 Å². The first kappa shape index (κ1) is 38.6. The van der Waals surface area contributed by atoms with E-state index in [0.717, 1.165) is 32.1 Å². The molecule has 1 heterocycles. The molecule has 0 spiro atoms. The molecule has 2 saturated carbocycles. The third-order valence-corrected chi connectivity index (χ3v) is 9.68. The number of alkyl halides is 2. The summed E-state index contributed by atoms with van der Waals surface area (Å²) >= 11 is 13.1. The van der Waals surface area contributed by atoms with Crippen molar-refractivity contribution in [1.82, 2.24) is 26.2 Å². The van der Waals surface area contributed by atoms with Gasteiger partial charge in [0.1, 0.15) is 22.0 Å². The number of carbonyl (C=O) groups is 6. The Labute approximate surface area is 287 Å². The number of halogens is 2. The number of hydrogen-bond acceptors (Lipinski definition) is 7. The molecule has 0 aromatic carbocycles. The minimum Gasteiger partial charge on any atom is -0.444 e. The Balaban J connectivity index is 1.77. The highest BCUT2D eigenvalue weighted by atomic mass is 35.5. The highest BCUT2D eigenvalue weighted by molar-refractivity contribution is 6.51. The molecule has 5 unspecified atom stereocenters. The van der Waals surface area contributed by atoms with Crippen LogP contribution < -0.4 is 21.3 Å². The molecule has 0 aromatic rings. The van der Waals surface area contributed by atoms with Crippen molar-refractivity contribution in [2.45, 2.75) is 127 Å². The number of nitrogens with one attached hydrogen (secondary N) is 4. The van der Waals surface area contributed by atoms with Crippen molar-refractivity contribution < 1.29 is 33.5 Å². The number of likely N-dealkylation sites (tertiary alicyclic amines) is 1. The van der Waals surface area contributed by atoms with Crippen molar-refractivity contribution in [2.24, 2.45) is 17.8 Å². The lowest BCUT2D eigenvalue weighted by atomic mass is 9.83. The fourth-order valence-electron chi connectivity index (χ4n) is 6.42. The Morgan fingerprint density at radius 3 is 2.21 bits per heavy atom. The van der Waals surface area contributed by atoms with Gasteiger partial charge >= 0.3 is 6.09 Å². The van der Waals surface area contributed by atoms with Gasteiger partial charge in [0.05, 0.1) is 6.04 Å². The van der Waals surface area contributed by atoms with Crippen LogP contribution in [-0.4, -0.2) is 87.1 Å². The fourth-order valence-corrected chi connectivity index (χ4v) is 7.25. The average molecular weight is 701 g/mol. The molecule has 1 aliphatic heterocycles. The van der Waals surface area contributed by atoms with Crippen molar-refractivity contribution in [2.75, 3.05) is 13.1 Å². The SMILES string of the molecule is C=CCCC(NC(=O)C1C2C(CN1C(=O)C(NC(=O)OC(C)(C)C)C1CCCCC1)C2(Cl)Cl)C(=O)C(=O)NCCC(=O)NC(C)(C)C. The lowest BCUT2D eigenvalue weighted by Crippen LogP contribution is -2.60. The van der Waals surface area contributed by atoms with Crippen LogP contribution >= 0.6 is 23.2 Å². The maximum Gasteiger partial charge on any atom is 0.408 e. The monoisotopic (exact) mass is 699 g/mol. The predicted octanol–water partition coefficient (Wildman–Crippen LogP) is 3.53. The molecular formula is C33H51Cl2N5O7. The molecular weight excluding hydrogens is 649 g/mol. The van der Waals surface area contributed by atoms with E-state index < -0.39 is 69.1 Å².